The van der Waals surface area contributed by atoms with E-state index in [2.05, 4.69) is 15.4 Å². The predicted molar refractivity (Wildman–Crippen MR) is 56.3 cm³/mol. The molecule has 0 aromatic carbocycles. The molecule has 0 bridgehead atoms. The van der Waals surface area contributed by atoms with E-state index >= 15 is 0 Å². The highest BCUT2D eigenvalue weighted by Crippen LogP contribution is 2.31. The van der Waals surface area contributed by atoms with Gasteiger partial charge in [0.05, 0.1) is 0 Å². The summed E-state index contributed by atoms with van der Waals surface area (Å²) in [6.07, 6.45) is 4.41. The molecule has 84 valence electrons. The Kier molecular flexibility index (Phi) is 3.02. The zero-order valence-electron chi connectivity index (χ0n) is 9.11. The van der Waals surface area contributed by atoms with Crippen molar-refractivity contribution >= 4 is 0 Å². The molecule has 0 amide bonds. The van der Waals surface area contributed by atoms with E-state index in [4.69, 9.17) is 0 Å². The molecule has 0 spiro atoms. The minimum atomic E-state index is 0.00600. The van der Waals surface area contributed by atoms with Crippen LogP contribution in [-0.2, 0) is 13.5 Å². The third-order valence-corrected chi connectivity index (χ3v) is 3.34. The Balaban J connectivity index is 2.10. The van der Waals surface area contributed by atoms with Gasteiger partial charge in [0, 0.05) is 25.5 Å². The van der Waals surface area contributed by atoms with Crippen molar-refractivity contribution in [3.05, 3.63) is 12.2 Å². The summed E-state index contributed by atoms with van der Waals surface area (Å²) in [5, 5.41) is 16.9. The van der Waals surface area contributed by atoms with Crippen LogP contribution in [0.3, 0.4) is 0 Å². The van der Waals surface area contributed by atoms with E-state index < -0.39 is 0 Å². The zero-order valence-corrected chi connectivity index (χ0v) is 9.11. The lowest BCUT2D eigenvalue weighted by molar-refractivity contribution is 0.0864. The fraction of sp³-hybridized carbons (Fsp3) is 0.800. The lowest BCUT2D eigenvalue weighted by Gasteiger charge is -2.35. The normalized spacial score (nSPS) is 20.4. The number of hydrogen-bond acceptors (Lipinski definition) is 4. The molecule has 0 saturated carbocycles. The van der Waals surface area contributed by atoms with Crippen LogP contribution in [0.1, 0.15) is 18.7 Å². The van der Waals surface area contributed by atoms with Gasteiger partial charge < -0.3 is 10.4 Å². The second-order valence-corrected chi connectivity index (χ2v) is 4.38. The van der Waals surface area contributed by atoms with E-state index in [0.717, 1.165) is 38.2 Å². The number of aryl methyl sites for hydroxylation is 1. The van der Waals surface area contributed by atoms with Crippen LogP contribution in [0.5, 0.6) is 0 Å². The minimum absolute atomic E-state index is 0.00600. The maximum absolute atomic E-state index is 9.55. The first-order valence-electron chi connectivity index (χ1n) is 5.40. The minimum Gasteiger partial charge on any atom is -0.396 e. The number of nitrogens with zero attached hydrogens (tertiary/aromatic N) is 3. The summed E-state index contributed by atoms with van der Waals surface area (Å²) in [4.78, 5) is 4.22. The largest absolute Gasteiger partial charge is 0.396 e. The Morgan fingerprint density at radius 2 is 2.27 bits per heavy atom. The van der Waals surface area contributed by atoms with Gasteiger partial charge in [-0.2, -0.15) is 5.10 Å². The van der Waals surface area contributed by atoms with Crippen molar-refractivity contribution in [2.75, 3.05) is 19.7 Å². The Hall–Kier alpha value is -0.940. The van der Waals surface area contributed by atoms with E-state index in [1.165, 1.54) is 0 Å². The number of aromatic nitrogens is 3. The van der Waals surface area contributed by atoms with Crippen molar-refractivity contribution in [2.24, 2.45) is 12.5 Å². The van der Waals surface area contributed by atoms with E-state index in [9.17, 15) is 5.11 Å². The smallest absolute Gasteiger partial charge is 0.138 e. The monoisotopic (exact) mass is 210 g/mol. The van der Waals surface area contributed by atoms with Gasteiger partial charge in [0.1, 0.15) is 12.2 Å². The van der Waals surface area contributed by atoms with Gasteiger partial charge in [-0.15, -0.1) is 0 Å². The SMILES string of the molecule is Cn1ncnc1CC1(CO)CCNCC1. The number of nitrogens with one attached hydrogen (secondary N) is 1. The van der Waals surface area contributed by atoms with E-state index in [1.54, 1.807) is 11.0 Å². The molecular weight excluding hydrogens is 192 g/mol. The van der Waals surface area contributed by atoms with Gasteiger partial charge in [0.2, 0.25) is 0 Å². The third kappa shape index (κ3) is 2.18. The second kappa shape index (κ2) is 4.28. The van der Waals surface area contributed by atoms with Crippen LogP contribution in [-0.4, -0.2) is 39.6 Å². The molecule has 5 heteroatoms. The Bertz CT molecular complexity index is 317. The summed E-state index contributed by atoms with van der Waals surface area (Å²) in [5.74, 6) is 0.964. The van der Waals surface area contributed by atoms with Crippen LogP contribution in [0.15, 0.2) is 6.33 Å². The molecule has 1 saturated heterocycles. The average molecular weight is 210 g/mol. The van der Waals surface area contributed by atoms with Gasteiger partial charge in [-0.3, -0.25) is 4.68 Å². The van der Waals surface area contributed by atoms with E-state index in [1.807, 2.05) is 7.05 Å². The second-order valence-electron chi connectivity index (χ2n) is 4.38. The fourth-order valence-electron chi connectivity index (χ4n) is 2.16. The molecule has 2 rings (SSSR count). The lowest BCUT2D eigenvalue weighted by Crippen LogP contribution is -2.41. The highest BCUT2D eigenvalue weighted by molar-refractivity contribution is 4.95. The van der Waals surface area contributed by atoms with Gasteiger partial charge >= 0.3 is 0 Å². The van der Waals surface area contributed by atoms with Crippen LogP contribution in [0.4, 0.5) is 0 Å². The summed E-state index contributed by atoms with van der Waals surface area (Å²) in [7, 11) is 1.90. The first-order valence-corrected chi connectivity index (χ1v) is 5.40. The standard InChI is InChI=1S/C10H18N4O/c1-14-9(12-8-13-14)6-10(7-15)2-4-11-5-3-10/h8,11,15H,2-7H2,1H3. The third-order valence-electron chi connectivity index (χ3n) is 3.34. The maximum atomic E-state index is 9.55. The molecule has 15 heavy (non-hydrogen) atoms. The average Bonchev–Trinajstić information content (AvgIpc) is 2.66. The first-order chi connectivity index (χ1) is 7.26. The Morgan fingerprint density at radius 1 is 1.53 bits per heavy atom. The molecule has 0 unspecified atom stereocenters. The van der Waals surface area contributed by atoms with Crippen molar-refractivity contribution in [1.82, 2.24) is 20.1 Å². The molecule has 2 heterocycles. The van der Waals surface area contributed by atoms with Crippen molar-refractivity contribution in [3.8, 4) is 0 Å². The van der Waals surface area contributed by atoms with E-state index in [0.29, 0.717) is 0 Å². The van der Waals surface area contributed by atoms with Crippen molar-refractivity contribution < 1.29 is 5.11 Å². The summed E-state index contributed by atoms with van der Waals surface area (Å²) in [6.45, 7) is 2.21. The highest BCUT2D eigenvalue weighted by Gasteiger charge is 2.32. The van der Waals surface area contributed by atoms with Crippen molar-refractivity contribution in [2.45, 2.75) is 19.3 Å². The Morgan fingerprint density at radius 3 is 2.80 bits per heavy atom. The summed E-state index contributed by atoms with van der Waals surface area (Å²) in [5.41, 5.74) is 0.00600. The molecule has 1 aromatic rings. The molecular formula is C10H18N4O. The number of rotatable bonds is 3. The van der Waals surface area contributed by atoms with Gasteiger partial charge in [-0.05, 0) is 25.9 Å². The van der Waals surface area contributed by atoms with Crippen LogP contribution in [0.2, 0.25) is 0 Å². The lowest BCUT2D eigenvalue weighted by atomic mass is 9.76. The number of hydrogen-bond donors (Lipinski definition) is 2. The molecule has 1 aromatic heterocycles. The first kappa shape index (κ1) is 10.6. The van der Waals surface area contributed by atoms with Crippen molar-refractivity contribution in [1.29, 1.82) is 0 Å². The molecule has 5 nitrogen and oxygen atoms in total. The quantitative estimate of drug-likeness (QED) is 0.720. The van der Waals surface area contributed by atoms with Gasteiger partial charge in [0.25, 0.3) is 0 Å². The van der Waals surface area contributed by atoms with Crippen LogP contribution in [0.25, 0.3) is 0 Å². The van der Waals surface area contributed by atoms with Crippen LogP contribution in [0, 0.1) is 5.41 Å². The summed E-state index contributed by atoms with van der Waals surface area (Å²) in [6, 6.07) is 0. The summed E-state index contributed by atoms with van der Waals surface area (Å²) >= 11 is 0. The molecule has 2 N–H and O–H groups in total. The number of aliphatic hydroxyl groups excluding tert-OH is 1. The number of aliphatic hydroxyl groups is 1. The maximum Gasteiger partial charge on any atom is 0.138 e. The highest BCUT2D eigenvalue weighted by atomic mass is 16.3. The van der Waals surface area contributed by atoms with Gasteiger partial charge in [0.15, 0.2) is 0 Å². The molecule has 0 atom stereocenters. The van der Waals surface area contributed by atoms with Crippen LogP contribution >= 0.6 is 0 Å². The molecule has 1 fully saturated rings. The Labute approximate surface area is 89.5 Å². The molecule has 1 aliphatic heterocycles. The summed E-state index contributed by atoms with van der Waals surface area (Å²) < 4.78 is 1.79. The van der Waals surface area contributed by atoms with Crippen LogP contribution < -0.4 is 5.32 Å². The van der Waals surface area contributed by atoms with Gasteiger partial charge in [-0.1, -0.05) is 0 Å². The fourth-order valence-corrected chi connectivity index (χ4v) is 2.16. The van der Waals surface area contributed by atoms with Gasteiger partial charge in [-0.25, -0.2) is 4.98 Å². The molecule has 1 aliphatic rings. The zero-order chi connectivity index (χ0) is 10.7. The topological polar surface area (TPSA) is 63.0 Å². The van der Waals surface area contributed by atoms with E-state index in [-0.39, 0.29) is 12.0 Å². The molecule has 0 aliphatic carbocycles. The number of piperidine rings is 1. The van der Waals surface area contributed by atoms with Crippen molar-refractivity contribution in [3.63, 3.8) is 0 Å². The predicted octanol–water partition coefficient (Wildman–Crippen LogP) is -0.280. The molecule has 0 radical (unpaired) electrons.